The van der Waals surface area contributed by atoms with Gasteiger partial charge in [0.1, 0.15) is 6.61 Å². The molecule has 2 amide bonds. The van der Waals surface area contributed by atoms with Crippen LogP contribution < -0.4 is 5.32 Å². The lowest BCUT2D eigenvalue weighted by molar-refractivity contribution is -0.142. The molecule has 1 fully saturated rings. The molecule has 1 aromatic heterocycles. The molecule has 35 heavy (non-hydrogen) atoms. The van der Waals surface area contributed by atoms with E-state index < -0.39 is 29.9 Å². The van der Waals surface area contributed by atoms with Gasteiger partial charge in [-0.1, -0.05) is 53.7 Å². The lowest BCUT2D eigenvalue weighted by Gasteiger charge is -2.21. The molecular weight excluding hydrogens is 450 g/mol. The number of aliphatic carboxylic acids is 1. The zero-order chi connectivity index (χ0) is 24.5. The van der Waals surface area contributed by atoms with E-state index in [1.165, 1.54) is 11.0 Å². The van der Waals surface area contributed by atoms with Crippen molar-refractivity contribution in [1.82, 2.24) is 15.4 Å². The molecule has 9 nitrogen and oxygen atoms in total. The van der Waals surface area contributed by atoms with Crippen molar-refractivity contribution in [3.63, 3.8) is 0 Å². The van der Waals surface area contributed by atoms with Crippen LogP contribution in [0.4, 0.5) is 4.79 Å². The fourth-order valence-corrected chi connectivity index (χ4v) is 5.01. The van der Waals surface area contributed by atoms with Crippen LogP contribution in [0, 0.1) is 5.92 Å². The number of alkyl carbamates (subject to hydrolysis) is 1. The van der Waals surface area contributed by atoms with Crippen molar-refractivity contribution in [2.75, 3.05) is 13.2 Å². The van der Waals surface area contributed by atoms with Gasteiger partial charge in [-0.15, -0.1) is 0 Å². The summed E-state index contributed by atoms with van der Waals surface area (Å²) in [4.78, 5) is 37.9. The van der Waals surface area contributed by atoms with Crippen molar-refractivity contribution in [1.29, 1.82) is 0 Å². The van der Waals surface area contributed by atoms with Gasteiger partial charge in [0, 0.05) is 24.6 Å². The molecule has 9 heteroatoms. The number of likely N-dealkylation sites (tertiary alicyclic amines) is 1. The summed E-state index contributed by atoms with van der Waals surface area (Å²) in [6, 6.07) is 17.2. The molecule has 2 unspecified atom stereocenters. The van der Waals surface area contributed by atoms with E-state index in [1.807, 2.05) is 36.4 Å². The summed E-state index contributed by atoms with van der Waals surface area (Å²) >= 11 is 0. The van der Waals surface area contributed by atoms with Gasteiger partial charge in [0.2, 0.25) is 0 Å². The minimum atomic E-state index is -0.916. The average molecular weight is 476 g/mol. The molecule has 2 heterocycles. The number of carbonyl (C=O) groups is 3. The molecule has 2 aromatic carbocycles. The number of benzene rings is 2. The quantitative estimate of drug-likeness (QED) is 0.558. The second-order valence-electron chi connectivity index (χ2n) is 8.83. The van der Waals surface area contributed by atoms with Crippen LogP contribution in [-0.2, 0) is 16.1 Å². The Morgan fingerprint density at radius 1 is 1.11 bits per heavy atom. The number of carbonyl (C=O) groups excluding carboxylic acids is 2. The van der Waals surface area contributed by atoms with Gasteiger partial charge in [-0.3, -0.25) is 9.59 Å². The summed E-state index contributed by atoms with van der Waals surface area (Å²) in [5.41, 5.74) is 4.63. The highest BCUT2D eigenvalue weighted by molar-refractivity contribution is 5.93. The second-order valence-corrected chi connectivity index (χ2v) is 8.83. The first-order valence-electron chi connectivity index (χ1n) is 11.5. The summed E-state index contributed by atoms with van der Waals surface area (Å²) in [6.45, 7) is 2.25. The highest BCUT2D eigenvalue weighted by atomic mass is 16.5. The summed E-state index contributed by atoms with van der Waals surface area (Å²) < 4.78 is 10.7. The van der Waals surface area contributed by atoms with Crippen molar-refractivity contribution < 1.29 is 28.8 Å². The van der Waals surface area contributed by atoms with Crippen molar-refractivity contribution in [3.05, 3.63) is 77.2 Å². The smallest absolute Gasteiger partial charge is 0.407 e. The predicted octanol–water partition coefficient (Wildman–Crippen LogP) is 3.65. The highest BCUT2D eigenvalue weighted by Gasteiger charge is 2.39. The van der Waals surface area contributed by atoms with Crippen molar-refractivity contribution in [2.45, 2.75) is 31.8 Å². The maximum Gasteiger partial charge on any atom is 0.407 e. The van der Waals surface area contributed by atoms with Gasteiger partial charge in [-0.2, -0.15) is 0 Å². The molecule has 1 aliphatic carbocycles. The number of fused-ring (bicyclic) bond motifs is 3. The zero-order valence-corrected chi connectivity index (χ0v) is 19.1. The largest absolute Gasteiger partial charge is 0.481 e. The second kappa shape index (κ2) is 9.25. The van der Waals surface area contributed by atoms with Crippen LogP contribution in [0.25, 0.3) is 11.1 Å². The van der Waals surface area contributed by atoms with Gasteiger partial charge in [0.05, 0.1) is 12.5 Å². The van der Waals surface area contributed by atoms with E-state index >= 15 is 0 Å². The third-order valence-electron chi connectivity index (χ3n) is 6.86. The number of aromatic nitrogens is 1. The number of nitrogens with one attached hydrogen (secondary N) is 1. The summed E-state index contributed by atoms with van der Waals surface area (Å²) in [7, 11) is 0. The first-order chi connectivity index (χ1) is 16.9. The molecule has 1 saturated heterocycles. The molecule has 5 rings (SSSR count). The molecule has 0 bridgehead atoms. The van der Waals surface area contributed by atoms with Crippen LogP contribution in [-0.4, -0.2) is 52.3 Å². The molecule has 1 aliphatic heterocycles. The van der Waals surface area contributed by atoms with Crippen LogP contribution in [0.3, 0.4) is 0 Å². The Kier molecular flexibility index (Phi) is 5.98. The zero-order valence-electron chi connectivity index (χ0n) is 19.1. The maximum absolute atomic E-state index is 12.7. The van der Waals surface area contributed by atoms with E-state index in [9.17, 15) is 19.5 Å². The number of hydrogen-bond donors (Lipinski definition) is 2. The van der Waals surface area contributed by atoms with E-state index in [0.717, 1.165) is 22.3 Å². The van der Waals surface area contributed by atoms with Crippen molar-refractivity contribution in [2.24, 2.45) is 5.92 Å². The van der Waals surface area contributed by atoms with E-state index in [4.69, 9.17) is 9.26 Å². The third-order valence-corrected chi connectivity index (χ3v) is 6.86. The van der Waals surface area contributed by atoms with Gasteiger partial charge in [-0.25, -0.2) is 4.79 Å². The Labute approximate surface area is 201 Å². The van der Waals surface area contributed by atoms with Crippen LogP contribution in [0.1, 0.15) is 46.6 Å². The Morgan fingerprint density at radius 3 is 2.40 bits per heavy atom. The fourth-order valence-electron chi connectivity index (χ4n) is 5.01. The normalized spacial score (nSPS) is 18.7. The van der Waals surface area contributed by atoms with Gasteiger partial charge < -0.3 is 24.6 Å². The van der Waals surface area contributed by atoms with E-state index in [-0.39, 0.29) is 24.8 Å². The van der Waals surface area contributed by atoms with E-state index in [2.05, 4.69) is 22.6 Å². The van der Waals surface area contributed by atoms with Crippen LogP contribution in [0.5, 0.6) is 0 Å². The first kappa shape index (κ1) is 22.6. The number of ether oxygens (including phenoxy) is 1. The van der Waals surface area contributed by atoms with Gasteiger partial charge >= 0.3 is 12.1 Å². The SMILES string of the molecule is CC1C(C(=O)O)CCN1C(=O)c1cc(CNC(=O)OCC2c3ccccc3-c3ccccc32)on1. The van der Waals surface area contributed by atoms with E-state index in [0.29, 0.717) is 18.7 Å². The van der Waals surface area contributed by atoms with Crippen LogP contribution >= 0.6 is 0 Å². The number of nitrogens with zero attached hydrogens (tertiary/aromatic N) is 2. The lowest BCUT2D eigenvalue weighted by Crippen LogP contribution is -2.37. The minimum Gasteiger partial charge on any atom is -0.481 e. The van der Waals surface area contributed by atoms with Gasteiger partial charge in [-0.05, 0) is 35.6 Å². The fraction of sp³-hybridized carbons (Fsp3) is 0.308. The monoisotopic (exact) mass is 475 g/mol. The van der Waals surface area contributed by atoms with Crippen LogP contribution in [0.15, 0.2) is 59.1 Å². The van der Waals surface area contributed by atoms with Crippen molar-refractivity contribution >= 4 is 18.0 Å². The molecule has 0 radical (unpaired) electrons. The van der Waals surface area contributed by atoms with E-state index in [1.54, 1.807) is 6.92 Å². The molecule has 3 aromatic rings. The number of carboxylic acids is 1. The molecular formula is C26H25N3O6. The molecule has 0 saturated carbocycles. The summed E-state index contributed by atoms with van der Waals surface area (Å²) in [6.07, 6.45) is -0.204. The molecule has 0 spiro atoms. The first-order valence-corrected chi connectivity index (χ1v) is 11.5. The van der Waals surface area contributed by atoms with Gasteiger partial charge in [0.25, 0.3) is 5.91 Å². The number of carboxylic acid groups (broad SMARTS) is 1. The third kappa shape index (κ3) is 4.25. The van der Waals surface area contributed by atoms with Crippen LogP contribution in [0.2, 0.25) is 0 Å². The van der Waals surface area contributed by atoms with Crippen molar-refractivity contribution in [3.8, 4) is 11.1 Å². The molecule has 180 valence electrons. The lowest BCUT2D eigenvalue weighted by atomic mass is 9.98. The molecule has 2 N–H and O–H groups in total. The summed E-state index contributed by atoms with van der Waals surface area (Å²) in [5, 5.41) is 15.7. The average Bonchev–Trinajstić information content (AvgIpc) is 3.57. The Hall–Kier alpha value is -4.14. The van der Waals surface area contributed by atoms with Gasteiger partial charge in [0.15, 0.2) is 11.5 Å². The Morgan fingerprint density at radius 2 is 1.77 bits per heavy atom. The molecule has 2 aliphatic rings. The Bertz CT molecular complexity index is 1240. The minimum absolute atomic E-state index is 0.00422. The predicted molar refractivity (Wildman–Crippen MR) is 125 cm³/mol. The number of amides is 2. The number of hydrogen-bond acceptors (Lipinski definition) is 6. The standard InChI is InChI=1S/C26H25N3O6/c1-15-17(25(31)32)10-11-29(15)24(30)23-12-16(35-28-23)13-27-26(33)34-14-22-20-8-4-2-6-18(20)19-7-3-5-9-21(19)22/h2-9,12,15,17,22H,10-11,13-14H2,1H3,(H,27,33)(H,31,32). The highest BCUT2D eigenvalue weighted by Crippen LogP contribution is 2.44. The topological polar surface area (TPSA) is 122 Å². The number of rotatable bonds is 6. The summed E-state index contributed by atoms with van der Waals surface area (Å²) in [5.74, 6) is -1.65. The Balaban J connectivity index is 1.16. The molecule has 2 atom stereocenters. The maximum atomic E-state index is 12.7.